The first-order chi connectivity index (χ1) is 7.72. The molecular formula is C10H19N5O. The molecule has 0 atom stereocenters. The Hall–Kier alpha value is -1.69. The van der Waals surface area contributed by atoms with Gasteiger partial charge in [-0.25, -0.2) is 9.98 Å². The van der Waals surface area contributed by atoms with Gasteiger partial charge in [-0.15, -0.1) is 0 Å². The Morgan fingerprint density at radius 1 is 1.38 bits per heavy atom. The lowest BCUT2D eigenvalue weighted by molar-refractivity contribution is -0.117. The molecule has 0 spiro atoms. The maximum Gasteiger partial charge on any atom is 0.269 e. The molecule has 0 aliphatic rings. The van der Waals surface area contributed by atoms with Crippen molar-refractivity contribution < 1.29 is 4.79 Å². The number of nitrogens with zero attached hydrogens (tertiary/aromatic N) is 2. The third kappa shape index (κ3) is 7.69. The van der Waals surface area contributed by atoms with Gasteiger partial charge < -0.3 is 16.0 Å². The van der Waals surface area contributed by atoms with Crippen molar-refractivity contribution in [2.24, 2.45) is 9.98 Å². The van der Waals surface area contributed by atoms with Crippen LogP contribution < -0.4 is 16.0 Å². The number of carbonyl (C=O) groups is 1. The first-order valence-corrected chi connectivity index (χ1v) is 5.05. The molecule has 0 heterocycles. The lowest BCUT2D eigenvalue weighted by Crippen LogP contribution is -2.19. The van der Waals surface area contributed by atoms with E-state index in [0.29, 0.717) is 0 Å². The molecule has 6 heteroatoms. The van der Waals surface area contributed by atoms with Crippen molar-refractivity contribution in [2.75, 3.05) is 27.2 Å². The molecule has 0 saturated carbocycles. The summed E-state index contributed by atoms with van der Waals surface area (Å²) < 4.78 is 0. The topological polar surface area (TPSA) is 77.9 Å². The van der Waals surface area contributed by atoms with Crippen molar-refractivity contribution in [1.29, 1.82) is 0 Å². The van der Waals surface area contributed by atoms with Crippen molar-refractivity contribution in [2.45, 2.75) is 6.42 Å². The van der Waals surface area contributed by atoms with Crippen LogP contribution in [0.4, 0.5) is 0 Å². The van der Waals surface area contributed by atoms with Crippen LogP contribution in [0, 0.1) is 0 Å². The Balaban J connectivity index is 3.62. The average molecular weight is 225 g/mol. The molecular weight excluding hydrogens is 206 g/mol. The first kappa shape index (κ1) is 14.3. The highest BCUT2D eigenvalue weighted by Crippen LogP contribution is 1.89. The largest absolute Gasteiger partial charge is 0.376 e. The molecule has 0 aromatic heterocycles. The number of nitrogens with one attached hydrogen (secondary N) is 3. The van der Waals surface area contributed by atoms with Crippen LogP contribution in [0.25, 0.3) is 0 Å². The molecule has 0 bridgehead atoms. The van der Waals surface area contributed by atoms with E-state index in [1.165, 1.54) is 19.7 Å². The van der Waals surface area contributed by atoms with Crippen LogP contribution >= 0.6 is 0 Å². The first-order valence-electron chi connectivity index (χ1n) is 5.05. The third-order valence-corrected chi connectivity index (χ3v) is 1.68. The zero-order chi connectivity index (χ0) is 12.2. The number of likely N-dealkylation sites (N-methyl/N-ethyl adjacent to an activating group) is 1. The number of hydrogen-bond acceptors (Lipinski definition) is 3. The molecule has 0 aromatic carbocycles. The zero-order valence-electron chi connectivity index (χ0n) is 9.79. The number of rotatable bonds is 8. The SMILES string of the molecule is C=C(/N=C\N=C\NCCCNC)C(=O)NC. The van der Waals surface area contributed by atoms with E-state index in [1.54, 1.807) is 0 Å². The van der Waals surface area contributed by atoms with Crippen molar-refractivity contribution >= 4 is 18.6 Å². The molecule has 3 N–H and O–H groups in total. The average Bonchev–Trinajstić information content (AvgIpc) is 2.31. The highest BCUT2D eigenvalue weighted by molar-refractivity contribution is 5.93. The summed E-state index contributed by atoms with van der Waals surface area (Å²) in [6.45, 7) is 5.27. The summed E-state index contributed by atoms with van der Waals surface area (Å²) in [5.74, 6) is -0.312. The number of amides is 1. The molecule has 0 rings (SSSR count). The van der Waals surface area contributed by atoms with E-state index in [0.717, 1.165) is 19.5 Å². The number of hydrogen-bond donors (Lipinski definition) is 3. The highest BCUT2D eigenvalue weighted by Gasteiger charge is 1.98. The summed E-state index contributed by atoms with van der Waals surface area (Å²) in [4.78, 5) is 18.5. The van der Waals surface area contributed by atoms with Crippen molar-refractivity contribution in [3.63, 3.8) is 0 Å². The Labute approximate surface area is 95.9 Å². The molecule has 6 nitrogen and oxygen atoms in total. The number of aliphatic imine (C=N–C) groups is 2. The predicted octanol–water partition coefficient (Wildman–Crippen LogP) is -0.498. The summed E-state index contributed by atoms with van der Waals surface area (Å²) in [6, 6.07) is 0. The molecule has 0 aromatic rings. The van der Waals surface area contributed by atoms with E-state index in [-0.39, 0.29) is 11.6 Å². The van der Waals surface area contributed by atoms with Gasteiger partial charge in [0.2, 0.25) is 0 Å². The molecule has 16 heavy (non-hydrogen) atoms. The Bertz CT molecular complexity index is 272. The van der Waals surface area contributed by atoms with E-state index >= 15 is 0 Å². The van der Waals surface area contributed by atoms with Gasteiger partial charge in [0.1, 0.15) is 12.0 Å². The minimum atomic E-state index is -0.312. The van der Waals surface area contributed by atoms with Gasteiger partial charge in [0.15, 0.2) is 0 Å². The van der Waals surface area contributed by atoms with Crippen LogP contribution in [-0.4, -0.2) is 45.8 Å². The summed E-state index contributed by atoms with van der Waals surface area (Å²) in [7, 11) is 3.43. The van der Waals surface area contributed by atoms with Gasteiger partial charge in [-0.1, -0.05) is 6.58 Å². The van der Waals surface area contributed by atoms with Crippen LogP contribution in [0.2, 0.25) is 0 Å². The third-order valence-electron chi connectivity index (χ3n) is 1.68. The van der Waals surface area contributed by atoms with E-state index in [2.05, 4.69) is 32.5 Å². The fraction of sp³-hybridized carbons (Fsp3) is 0.500. The van der Waals surface area contributed by atoms with Gasteiger partial charge in [0.25, 0.3) is 5.91 Å². The van der Waals surface area contributed by atoms with Crippen molar-refractivity contribution in [1.82, 2.24) is 16.0 Å². The summed E-state index contributed by atoms with van der Waals surface area (Å²) in [5.41, 5.74) is 0.134. The maximum absolute atomic E-state index is 11.0. The molecule has 0 unspecified atom stereocenters. The van der Waals surface area contributed by atoms with Gasteiger partial charge in [-0.2, -0.15) is 0 Å². The number of carbonyl (C=O) groups excluding carboxylic acids is 1. The van der Waals surface area contributed by atoms with Gasteiger partial charge in [0, 0.05) is 13.6 Å². The molecule has 0 saturated heterocycles. The van der Waals surface area contributed by atoms with Crippen LogP contribution in [0.3, 0.4) is 0 Å². The second-order valence-corrected chi connectivity index (χ2v) is 2.96. The molecule has 90 valence electrons. The summed E-state index contributed by atoms with van der Waals surface area (Å²) >= 11 is 0. The monoisotopic (exact) mass is 225 g/mol. The molecule has 0 aliphatic heterocycles. The van der Waals surface area contributed by atoms with E-state index in [4.69, 9.17) is 0 Å². The predicted molar refractivity (Wildman–Crippen MR) is 66.7 cm³/mol. The van der Waals surface area contributed by atoms with Crippen LogP contribution in [0.15, 0.2) is 22.3 Å². The van der Waals surface area contributed by atoms with E-state index < -0.39 is 0 Å². The van der Waals surface area contributed by atoms with E-state index in [1.807, 2.05) is 7.05 Å². The van der Waals surface area contributed by atoms with Crippen LogP contribution in [0.5, 0.6) is 0 Å². The highest BCUT2D eigenvalue weighted by atomic mass is 16.1. The maximum atomic E-state index is 11.0. The van der Waals surface area contributed by atoms with Gasteiger partial charge >= 0.3 is 0 Å². The standard InChI is InChI=1S/C10H19N5O/c1-9(10(16)12-3)15-8-14-7-13-6-4-5-11-2/h7-8,11H,1,4-6H2,2-3H3,(H,12,16)(H,13,14,15). The Morgan fingerprint density at radius 2 is 2.12 bits per heavy atom. The van der Waals surface area contributed by atoms with Crippen LogP contribution in [-0.2, 0) is 4.79 Å². The smallest absolute Gasteiger partial charge is 0.269 e. The van der Waals surface area contributed by atoms with Crippen molar-refractivity contribution in [3.8, 4) is 0 Å². The lowest BCUT2D eigenvalue weighted by Gasteiger charge is -1.98. The minimum Gasteiger partial charge on any atom is -0.376 e. The van der Waals surface area contributed by atoms with E-state index in [9.17, 15) is 4.79 Å². The second-order valence-electron chi connectivity index (χ2n) is 2.96. The Morgan fingerprint density at radius 3 is 2.75 bits per heavy atom. The van der Waals surface area contributed by atoms with Gasteiger partial charge in [-0.3, -0.25) is 4.79 Å². The van der Waals surface area contributed by atoms with Gasteiger partial charge in [0.05, 0.1) is 6.34 Å². The zero-order valence-corrected chi connectivity index (χ0v) is 9.79. The van der Waals surface area contributed by atoms with Crippen LogP contribution in [0.1, 0.15) is 6.42 Å². The summed E-state index contributed by atoms with van der Waals surface area (Å²) in [5, 5.41) is 8.43. The van der Waals surface area contributed by atoms with Crippen molar-refractivity contribution in [3.05, 3.63) is 12.3 Å². The minimum absolute atomic E-state index is 0.134. The molecule has 1 amide bonds. The summed E-state index contributed by atoms with van der Waals surface area (Å²) in [6.07, 6.45) is 3.84. The lowest BCUT2D eigenvalue weighted by atomic mass is 10.4. The molecule has 0 fully saturated rings. The Kier molecular flexibility index (Phi) is 8.81. The fourth-order valence-electron chi connectivity index (χ4n) is 0.824. The van der Waals surface area contributed by atoms with Gasteiger partial charge in [-0.05, 0) is 20.0 Å². The quantitative estimate of drug-likeness (QED) is 0.225. The fourth-order valence-corrected chi connectivity index (χ4v) is 0.824. The normalized spacial score (nSPS) is 10.9. The second kappa shape index (κ2) is 9.85. The molecule has 0 radical (unpaired) electrons. The molecule has 0 aliphatic carbocycles.